The highest BCUT2D eigenvalue weighted by Crippen LogP contribution is 2.20. The van der Waals surface area contributed by atoms with Crippen molar-refractivity contribution in [1.29, 1.82) is 0 Å². The van der Waals surface area contributed by atoms with E-state index in [0.29, 0.717) is 5.69 Å². The normalized spacial score (nSPS) is 10.5. The first-order chi connectivity index (χ1) is 21.4. The van der Waals surface area contributed by atoms with E-state index in [1.165, 1.54) is 36.4 Å². The number of carbonyl (C=O) groups is 5. The van der Waals surface area contributed by atoms with E-state index in [4.69, 9.17) is 14.2 Å². The van der Waals surface area contributed by atoms with Crippen LogP contribution in [0.4, 0.5) is 5.69 Å². The van der Waals surface area contributed by atoms with Crippen LogP contribution >= 0.6 is 0 Å². The summed E-state index contributed by atoms with van der Waals surface area (Å²) in [5, 5.41) is 5.04. The number of rotatable bonds is 12. The molecule has 0 atom stereocenters. The van der Waals surface area contributed by atoms with Crippen molar-refractivity contribution < 1.29 is 38.2 Å². The van der Waals surface area contributed by atoms with Crippen LogP contribution in [-0.4, -0.2) is 36.3 Å². The van der Waals surface area contributed by atoms with E-state index in [0.717, 1.165) is 23.3 Å². The molecule has 0 aliphatic heterocycles. The molecule has 0 spiro atoms. The van der Waals surface area contributed by atoms with Gasteiger partial charge in [0.15, 0.2) is 0 Å². The highest BCUT2D eigenvalue weighted by atomic mass is 16.5. The number of hydrogen-bond donors (Lipinski definition) is 2. The molecule has 4 rings (SSSR count). The van der Waals surface area contributed by atoms with E-state index in [1.807, 2.05) is 60.7 Å². The first-order valence-corrected chi connectivity index (χ1v) is 13.5. The second-order valence-corrected chi connectivity index (χ2v) is 9.21. The molecule has 222 valence electrons. The number of esters is 3. The molecule has 4 aromatic carbocycles. The van der Waals surface area contributed by atoms with Gasteiger partial charge in [-0.15, -0.1) is 0 Å². The maximum atomic E-state index is 12.8. The topological polar surface area (TPSA) is 137 Å². The Kier molecular flexibility index (Phi) is 11.1. The first kappa shape index (κ1) is 30.9. The Labute approximate surface area is 253 Å². The quantitative estimate of drug-likeness (QED) is 0.138. The summed E-state index contributed by atoms with van der Waals surface area (Å²) in [5.41, 5.74) is 2.21. The Morgan fingerprint density at radius 1 is 0.636 bits per heavy atom. The summed E-state index contributed by atoms with van der Waals surface area (Å²) in [6, 6.07) is 30.2. The zero-order chi connectivity index (χ0) is 31.1. The number of ether oxygens (including phenoxy) is 3. The Hall–Kier alpha value is -6.03. The van der Waals surface area contributed by atoms with Gasteiger partial charge in [0.05, 0.1) is 11.1 Å². The largest absolute Gasteiger partial charge is 0.460 e. The number of hydrogen-bond acceptors (Lipinski definition) is 8. The molecule has 0 bridgehead atoms. The summed E-state index contributed by atoms with van der Waals surface area (Å²) in [5.74, 6) is -3.23. The van der Waals surface area contributed by atoms with Gasteiger partial charge in [0.25, 0.3) is 5.91 Å². The number of carbonyl (C=O) groups excluding carboxylic acids is 5. The van der Waals surface area contributed by atoms with Crippen LogP contribution < -0.4 is 15.4 Å². The van der Waals surface area contributed by atoms with E-state index in [2.05, 4.69) is 10.6 Å². The molecule has 44 heavy (non-hydrogen) atoms. The van der Waals surface area contributed by atoms with Crippen LogP contribution in [0.3, 0.4) is 0 Å². The van der Waals surface area contributed by atoms with Gasteiger partial charge in [0.2, 0.25) is 5.91 Å². The van der Waals surface area contributed by atoms with Crippen LogP contribution in [0, 0.1) is 0 Å². The third-order valence-corrected chi connectivity index (χ3v) is 5.95. The summed E-state index contributed by atoms with van der Waals surface area (Å²) in [7, 11) is 0. The van der Waals surface area contributed by atoms with Crippen molar-refractivity contribution >= 4 is 35.4 Å². The smallest absolute Gasteiger partial charge is 0.343 e. The molecular formula is C34H28N2O8. The van der Waals surface area contributed by atoms with Gasteiger partial charge >= 0.3 is 17.9 Å². The van der Waals surface area contributed by atoms with Gasteiger partial charge < -0.3 is 24.8 Å². The van der Waals surface area contributed by atoms with Crippen LogP contribution in [0.25, 0.3) is 0 Å². The van der Waals surface area contributed by atoms with Crippen molar-refractivity contribution in [1.82, 2.24) is 5.32 Å². The maximum absolute atomic E-state index is 12.8. The SMILES string of the molecule is O=C(/C=C/C(=O)OCc1ccccc1)Nc1ccc(C(=O)Oc2ccccc2C(=O)NCC(=O)OCc2ccccc2)cc1. The Balaban J connectivity index is 1.25. The minimum Gasteiger partial charge on any atom is -0.460 e. The maximum Gasteiger partial charge on any atom is 0.343 e. The molecule has 0 fully saturated rings. The van der Waals surface area contributed by atoms with Crippen molar-refractivity contribution in [2.75, 3.05) is 11.9 Å². The molecule has 0 saturated carbocycles. The fourth-order valence-corrected chi connectivity index (χ4v) is 3.73. The van der Waals surface area contributed by atoms with Gasteiger partial charge in [0.1, 0.15) is 25.5 Å². The van der Waals surface area contributed by atoms with Crippen LogP contribution in [0.2, 0.25) is 0 Å². The molecule has 0 unspecified atom stereocenters. The number of anilines is 1. The molecule has 2 N–H and O–H groups in total. The van der Waals surface area contributed by atoms with E-state index in [1.54, 1.807) is 12.1 Å². The molecular weight excluding hydrogens is 564 g/mol. The summed E-state index contributed by atoms with van der Waals surface area (Å²) >= 11 is 0. The summed E-state index contributed by atoms with van der Waals surface area (Å²) in [6.07, 6.45) is 2.06. The standard InChI is InChI=1S/C34H28N2O8/c37-30(19-20-31(38)42-22-24-9-3-1-4-10-24)36-27-17-15-26(16-18-27)34(41)44-29-14-8-7-13-28(29)33(40)35-21-32(39)43-23-25-11-5-2-6-12-25/h1-20H,21-23H2,(H,35,40)(H,36,37)/b20-19+. The van der Waals surface area contributed by atoms with Gasteiger partial charge in [-0.3, -0.25) is 14.4 Å². The monoisotopic (exact) mass is 592 g/mol. The lowest BCUT2D eigenvalue weighted by molar-refractivity contribution is -0.143. The Bertz CT molecular complexity index is 1640. The zero-order valence-corrected chi connectivity index (χ0v) is 23.4. The third-order valence-electron chi connectivity index (χ3n) is 5.95. The number of para-hydroxylation sites is 1. The van der Waals surface area contributed by atoms with Crippen molar-refractivity contribution in [2.24, 2.45) is 0 Å². The van der Waals surface area contributed by atoms with Gasteiger partial charge in [-0.05, 0) is 47.5 Å². The van der Waals surface area contributed by atoms with Crippen LogP contribution in [0.5, 0.6) is 5.75 Å². The molecule has 0 aliphatic rings. The van der Waals surface area contributed by atoms with Crippen molar-refractivity contribution in [3.8, 4) is 5.75 Å². The Morgan fingerprint density at radius 3 is 1.89 bits per heavy atom. The number of amides is 2. The predicted octanol–water partition coefficient (Wildman–Crippen LogP) is 4.62. The second kappa shape index (κ2) is 15.8. The lowest BCUT2D eigenvalue weighted by Crippen LogP contribution is -2.31. The highest BCUT2D eigenvalue weighted by Gasteiger charge is 2.17. The fourth-order valence-electron chi connectivity index (χ4n) is 3.73. The highest BCUT2D eigenvalue weighted by molar-refractivity contribution is 6.03. The van der Waals surface area contributed by atoms with Crippen molar-refractivity contribution in [3.63, 3.8) is 0 Å². The van der Waals surface area contributed by atoms with Gasteiger partial charge in [-0.25, -0.2) is 9.59 Å². The van der Waals surface area contributed by atoms with Gasteiger partial charge in [-0.2, -0.15) is 0 Å². The molecule has 10 heteroatoms. The average Bonchev–Trinajstić information content (AvgIpc) is 3.06. The van der Waals surface area contributed by atoms with Crippen LogP contribution in [0.15, 0.2) is 121 Å². The lowest BCUT2D eigenvalue weighted by Gasteiger charge is -2.11. The number of benzene rings is 4. The first-order valence-electron chi connectivity index (χ1n) is 13.5. The summed E-state index contributed by atoms with van der Waals surface area (Å²) < 4.78 is 15.7. The van der Waals surface area contributed by atoms with E-state index >= 15 is 0 Å². The third kappa shape index (κ3) is 9.81. The summed E-state index contributed by atoms with van der Waals surface area (Å²) in [6.45, 7) is -0.208. The van der Waals surface area contributed by atoms with Gasteiger partial charge in [0, 0.05) is 17.8 Å². The minimum atomic E-state index is -0.744. The lowest BCUT2D eigenvalue weighted by atomic mass is 10.1. The minimum absolute atomic E-state index is 0.00526. The second-order valence-electron chi connectivity index (χ2n) is 9.21. The summed E-state index contributed by atoms with van der Waals surface area (Å²) in [4.78, 5) is 61.6. The molecule has 10 nitrogen and oxygen atoms in total. The van der Waals surface area contributed by atoms with Crippen molar-refractivity contribution in [3.05, 3.63) is 144 Å². The molecule has 0 radical (unpaired) electrons. The molecule has 0 saturated heterocycles. The van der Waals surface area contributed by atoms with E-state index in [9.17, 15) is 24.0 Å². The molecule has 4 aromatic rings. The van der Waals surface area contributed by atoms with E-state index < -0.39 is 29.7 Å². The molecule has 0 heterocycles. The zero-order valence-electron chi connectivity index (χ0n) is 23.4. The molecule has 2 amide bonds. The molecule has 0 aromatic heterocycles. The average molecular weight is 593 g/mol. The number of nitrogens with one attached hydrogen (secondary N) is 2. The van der Waals surface area contributed by atoms with Crippen LogP contribution in [-0.2, 0) is 37.1 Å². The van der Waals surface area contributed by atoms with Crippen LogP contribution in [0.1, 0.15) is 31.8 Å². The van der Waals surface area contributed by atoms with Gasteiger partial charge in [-0.1, -0.05) is 72.8 Å². The van der Waals surface area contributed by atoms with Crippen molar-refractivity contribution in [2.45, 2.75) is 13.2 Å². The molecule has 0 aliphatic carbocycles. The van der Waals surface area contributed by atoms with E-state index in [-0.39, 0.29) is 36.6 Å². The fraction of sp³-hybridized carbons (Fsp3) is 0.0882. The predicted molar refractivity (Wildman–Crippen MR) is 160 cm³/mol. The Morgan fingerprint density at radius 2 is 1.23 bits per heavy atom.